The maximum absolute atomic E-state index is 13.4. The van der Waals surface area contributed by atoms with E-state index in [4.69, 9.17) is 0 Å². The number of rotatable bonds is 6. The lowest BCUT2D eigenvalue weighted by molar-refractivity contribution is -0.0169. The van der Waals surface area contributed by atoms with E-state index in [1.807, 2.05) is 0 Å². The molecule has 1 aliphatic heterocycles. The minimum absolute atomic E-state index is 0.0694. The summed E-state index contributed by atoms with van der Waals surface area (Å²) >= 11 is 0. The second kappa shape index (κ2) is 9.87. The third-order valence-electron chi connectivity index (χ3n) is 6.53. The molecule has 37 heavy (non-hydrogen) atoms. The molecule has 1 fully saturated rings. The Balaban J connectivity index is 1.23. The SMILES string of the molecule is O=C(c1ccc(NS(=O)(=O)c2cccc3cccnc23)cc1)N1CCC(O)(Cc2cccc(F)n2)CC1. The molecule has 0 saturated carbocycles. The Kier molecular flexibility index (Phi) is 6.61. The summed E-state index contributed by atoms with van der Waals surface area (Å²) < 4.78 is 42.0. The van der Waals surface area contributed by atoms with Crippen LogP contribution >= 0.6 is 0 Å². The van der Waals surface area contributed by atoms with E-state index >= 15 is 0 Å². The van der Waals surface area contributed by atoms with Crippen molar-refractivity contribution in [2.24, 2.45) is 0 Å². The van der Waals surface area contributed by atoms with Gasteiger partial charge in [0.05, 0.1) is 11.1 Å². The normalized spacial score (nSPS) is 15.5. The van der Waals surface area contributed by atoms with Gasteiger partial charge in [0.2, 0.25) is 5.95 Å². The number of anilines is 1. The van der Waals surface area contributed by atoms with E-state index in [0.29, 0.717) is 53.8 Å². The molecule has 0 radical (unpaired) electrons. The van der Waals surface area contributed by atoms with Gasteiger partial charge in [-0.15, -0.1) is 0 Å². The van der Waals surface area contributed by atoms with Crippen molar-refractivity contribution in [3.63, 3.8) is 0 Å². The summed E-state index contributed by atoms with van der Waals surface area (Å²) in [5, 5.41) is 11.6. The predicted octanol–water partition coefficient (Wildman–Crippen LogP) is 3.78. The Morgan fingerprint density at radius 1 is 1.00 bits per heavy atom. The summed E-state index contributed by atoms with van der Waals surface area (Å²) in [5.41, 5.74) is 0.519. The largest absolute Gasteiger partial charge is 0.389 e. The Morgan fingerprint density at radius 2 is 1.70 bits per heavy atom. The van der Waals surface area contributed by atoms with Crippen LogP contribution in [0.4, 0.5) is 10.1 Å². The second-order valence-corrected chi connectivity index (χ2v) is 10.8. The van der Waals surface area contributed by atoms with Crippen molar-refractivity contribution in [2.45, 2.75) is 29.8 Å². The lowest BCUT2D eigenvalue weighted by Gasteiger charge is -2.38. The van der Waals surface area contributed by atoms with Crippen LogP contribution in [0.5, 0.6) is 0 Å². The lowest BCUT2D eigenvalue weighted by atomic mass is 9.86. The van der Waals surface area contributed by atoms with Crippen LogP contribution in [-0.2, 0) is 16.4 Å². The molecule has 2 N–H and O–H groups in total. The van der Waals surface area contributed by atoms with Crippen LogP contribution in [0.1, 0.15) is 28.9 Å². The van der Waals surface area contributed by atoms with E-state index in [9.17, 15) is 22.7 Å². The van der Waals surface area contributed by atoms with Gasteiger partial charge in [0.25, 0.3) is 15.9 Å². The lowest BCUT2D eigenvalue weighted by Crippen LogP contribution is -2.47. The van der Waals surface area contributed by atoms with Crippen LogP contribution in [0.3, 0.4) is 0 Å². The van der Waals surface area contributed by atoms with Crippen molar-refractivity contribution in [3.05, 3.63) is 96.2 Å². The number of pyridine rings is 2. The summed E-state index contributed by atoms with van der Waals surface area (Å²) in [4.78, 5) is 22.8. The highest BCUT2D eigenvalue weighted by Gasteiger charge is 2.34. The van der Waals surface area contributed by atoms with Gasteiger partial charge in [-0.3, -0.25) is 14.5 Å². The van der Waals surface area contributed by atoms with Crippen molar-refractivity contribution >= 4 is 32.5 Å². The average Bonchev–Trinajstić information content (AvgIpc) is 2.88. The second-order valence-electron chi connectivity index (χ2n) is 9.16. The molecular formula is C27H25FN4O4S. The number of halogens is 1. The minimum atomic E-state index is -3.90. The van der Waals surface area contributed by atoms with Crippen molar-refractivity contribution in [1.29, 1.82) is 0 Å². The van der Waals surface area contributed by atoms with Gasteiger partial charge in [0, 0.05) is 48.0 Å². The molecule has 2 aromatic carbocycles. The fourth-order valence-electron chi connectivity index (χ4n) is 4.56. The highest BCUT2D eigenvalue weighted by Crippen LogP contribution is 2.28. The van der Waals surface area contributed by atoms with Gasteiger partial charge in [0.15, 0.2) is 0 Å². The first kappa shape index (κ1) is 24.8. The van der Waals surface area contributed by atoms with Gasteiger partial charge in [-0.2, -0.15) is 4.39 Å². The first-order chi connectivity index (χ1) is 17.7. The van der Waals surface area contributed by atoms with E-state index in [2.05, 4.69) is 14.7 Å². The Morgan fingerprint density at radius 3 is 2.43 bits per heavy atom. The van der Waals surface area contributed by atoms with E-state index in [1.165, 1.54) is 12.1 Å². The Labute approximate surface area is 213 Å². The zero-order valence-corrected chi connectivity index (χ0v) is 20.7. The molecule has 1 aliphatic rings. The number of piperidine rings is 1. The van der Waals surface area contributed by atoms with Gasteiger partial charge in [-0.25, -0.2) is 13.4 Å². The number of nitrogens with zero attached hydrogens (tertiary/aromatic N) is 3. The summed E-state index contributed by atoms with van der Waals surface area (Å²) in [6.45, 7) is 0.681. The van der Waals surface area contributed by atoms with Crippen LogP contribution in [0.25, 0.3) is 10.9 Å². The van der Waals surface area contributed by atoms with Gasteiger partial charge in [-0.05, 0) is 61.4 Å². The molecule has 0 atom stereocenters. The monoisotopic (exact) mass is 520 g/mol. The molecule has 0 aliphatic carbocycles. The Bertz CT molecular complexity index is 1550. The highest BCUT2D eigenvalue weighted by atomic mass is 32.2. The minimum Gasteiger partial charge on any atom is -0.389 e. The molecule has 0 unspecified atom stereocenters. The summed E-state index contributed by atoms with van der Waals surface area (Å²) in [5.74, 6) is -0.799. The van der Waals surface area contributed by atoms with E-state index in [-0.39, 0.29) is 17.2 Å². The quantitative estimate of drug-likeness (QED) is 0.374. The fourth-order valence-corrected chi connectivity index (χ4v) is 5.79. The van der Waals surface area contributed by atoms with Crippen LogP contribution in [-0.4, -0.2) is 53.0 Å². The molecule has 0 bridgehead atoms. The van der Waals surface area contributed by atoms with Gasteiger partial charge in [-0.1, -0.05) is 24.3 Å². The Hall–Kier alpha value is -3.89. The van der Waals surface area contributed by atoms with Crippen LogP contribution in [0.15, 0.2) is 83.9 Å². The highest BCUT2D eigenvalue weighted by molar-refractivity contribution is 7.93. The number of carbonyl (C=O) groups is 1. The molecule has 10 heteroatoms. The van der Waals surface area contributed by atoms with E-state index < -0.39 is 21.6 Å². The zero-order chi connectivity index (χ0) is 26.0. The maximum Gasteiger partial charge on any atom is 0.264 e. The molecule has 0 spiro atoms. The summed E-state index contributed by atoms with van der Waals surface area (Å²) in [6, 6.07) is 19.2. The molecule has 8 nitrogen and oxygen atoms in total. The third-order valence-corrected chi connectivity index (χ3v) is 7.95. The van der Waals surface area contributed by atoms with Gasteiger partial charge in [0.1, 0.15) is 4.90 Å². The number of aromatic nitrogens is 2. The number of amides is 1. The number of sulfonamides is 1. The van der Waals surface area contributed by atoms with Crippen molar-refractivity contribution < 1.29 is 22.7 Å². The smallest absolute Gasteiger partial charge is 0.264 e. The number of nitrogens with one attached hydrogen (secondary N) is 1. The van der Waals surface area contributed by atoms with E-state index in [0.717, 1.165) is 0 Å². The van der Waals surface area contributed by atoms with Crippen molar-refractivity contribution in [1.82, 2.24) is 14.9 Å². The third kappa shape index (κ3) is 5.45. The number of likely N-dealkylation sites (tertiary alicyclic amines) is 1. The average molecular weight is 521 g/mol. The summed E-state index contributed by atoms with van der Waals surface area (Å²) in [6.07, 6.45) is 2.44. The number of carbonyl (C=O) groups excluding carboxylic acids is 1. The van der Waals surface area contributed by atoms with Gasteiger partial charge < -0.3 is 10.0 Å². The first-order valence-electron chi connectivity index (χ1n) is 11.8. The van der Waals surface area contributed by atoms with Gasteiger partial charge >= 0.3 is 0 Å². The van der Waals surface area contributed by atoms with Crippen molar-refractivity contribution in [2.75, 3.05) is 17.8 Å². The number of hydrogen-bond acceptors (Lipinski definition) is 6. The number of benzene rings is 2. The predicted molar refractivity (Wildman–Crippen MR) is 137 cm³/mol. The molecule has 190 valence electrons. The molecule has 1 saturated heterocycles. The topological polar surface area (TPSA) is 112 Å². The van der Waals surface area contributed by atoms with Crippen LogP contribution < -0.4 is 4.72 Å². The molecule has 4 aromatic rings. The number of para-hydroxylation sites is 1. The molecular weight excluding hydrogens is 495 g/mol. The number of hydrogen-bond donors (Lipinski definition) is 2. The van der Waals surface area contributed by atoms with Crippen LogP contribution in [0, 0.1) is 5.95 Å². The van der Waals surface area contributed by atoms with Crippen molar-refractivity contribution in [3.8, 4) is 0 Å². The summed E-state index contributed by atoms with van der Waals surface area (Å²) in [7, 11) is -3.90. The molecule has 1 amide bonds. The van der Waals surface area contributed by atoms with Crippen LogP contribution in [0.2, 0.25) is 0 Å². The molecule has 5 rings (SSSR count). The zero-order valence-electron chi connectivity index (χ0n) is 19.8. The first-order valence-corrected chi connectivity index (χ1v) is 13.3. The molecule has 3 heterocycles. The fraction of sp³-hybridized carbons (Fsp3) is 0.222. The number of fused-ring (bicyclic) bond motifs is 1. The standard InChI is InChI=1S/C27H25FN4O4S/c28-24-8-2-6-22(30-24)18-27(34)13-16-32(17-14-27)26(33)20-9-11-21(12-10-20)31-37(35,36)23-7-1-4-19-5-3-15-29-25(19)23/h1-12,15,31,34H,13-14,16-18H2. The molecule has 2 aromatic heterocycles. The number of aliphatic hydroxyl groups is 1. The van der Waals surface area contributed by atoms with E-state index in [1.54, 1.807) is 71.8 Å². The maximum atomic E-state index is 13.4.